The highest BCUT2D eigenvalue weighted by Gasteiger charge is 2.15. The maximum absolute atomic E-state index is 3.52. The predicted octanol–water partition coefficient (Wildman–Crippen LogP) is 5.35. The average Bonchev–Trinajstić information content (AvgIpc) is 2.42. The number of likely N-dealkylation sites (N-methyl/N-ethyl adjacent to an activating group) is 1. The molecule has 1 aliphatic rings. The lowest BCUT2D eigenvalue weighted by Gasteiger charge is -2.23. The lowest BCUT2D eigenvalue weighted by Crippen LogP contribution is -2.19. The first kappa shape index (κ1) is 15.3. The monoisotopic (exact) mass is 271 g/mol. The fraction of sp³-hybridized carbons (Fsp3) is 0.579. The Bertz CT molecular complexity index is 428. The van der Waals surface area contributed by atoms with Gasteiger partial charge in [-0.05, 0) is 49.8 Å². The van der Waals surface area contributed by atoms with Crippen LogP contribution in [0.15, 0.2) is 35.9 Å². The van der Waals surface area contributed by atoms with Gasteiger partial charge >= 0.3 is 0 Å². The number of hydrogen-bond donors (Lipinski definition) is 1. The molecule has 0 aliphatic heterocycles. The van der Waals surface area contributed by atoms with E-state index in [1.165, 1.54) is 49.7 Å². The van der Waals surface area contributed by atoms with Crippen LogP contribution in [0.3, 0.4) is 0 Å². The van der Waals surface area contributed by atoms with E-state index in [-0.39, 0.29) is 0 Å². The number of nitrogens with one attached hydrogen (secondary N) is 1. The average molecular weight is 271 g/mol. The second-order valence-corrected chi connectivity index (χ2v) is 6.27. The van der Waals surface area contributed by atoms with Gasteiger partial charge < -0.3 is 5.32 Å². The van der Waals surface area contributed by atoms with Gasteiger partial charge in [0.25, 0.3) is 0 Å². The van der Waals surface area contributed by atoms with Crippen molar-refractivity contribution < 1.29 is 0 Å². The molecule has 110 valence electrons. The summed E-state index contributed by atoms with van der Waals surface area (Å²) in [7, 11) is 2.08. The summed E-state index contributed by atoms with van der Waals surface area (Å²) in [6.45, 7) is 4.50. The molecule has 0 bridgehead atoms. The second-order valence-electron chi connectivity index (χ2n) is 6.27. The van der Waals surface area contributed by atoms with Crippen molar-refractivity contribution in [2.45, 2.75) is 64.3 Å². The molecular formula is C19H29N. The number of allylic oxidation sites excluding steroid dienone is 1. The van der Waals surface area contributed by atoms with Gasteiger partial charge in [-0.25, -0.2) is 0 Å². The Labute approximate surface area is 124 Å². The molecule has 0 radical (unpaired) electrons. The van der Waals surface area contributed by atoms with Crippen LogP contribution in [0, 0.1) is 0 Å². The van der Waals surface area contributed by atoms with Gasteiger partial charge in [-0.2, -0.15) is 0 Å². The Balaban J connectivity index is 2.17. The van der Waals surface area contributed by atoms with Crippen molar-refractivity contribution >= 4 is 0 Å². The molecule has 2 rings (SSSR count). The molecular weight excluding hydrogens is 242 g/mol. The van der Waals surface area contributed by atoms with E-state index >= 15 is 0 Å². The summed E-state index contributed by atoms with van der Waals surface area (Å²) in [5, 5.41) is 3.52. The Hall–Kier alpha value is -1.08. The highest BCUT2D eigenvalue weighted by Crippen LogP contribution is 2.29. The van der Waals surface area contributed by atoms with Crippen molar-refractivity contribution in [2.75, 3.05) is 7.05 Å². The van der Waals surface area contributed by atoms with Crippen LogP contribution in [0.5, 0.6) is 0 Å². The van der Waals surface area contributed by atoms with Crippen molar-refractivity contribution in [3.63, 3.8) is 0 Å². The minimum atomic E-state index is 0.398. The molecule has 0 aromatic heterocycles. The normalized spacial score (nSPS) is 20.9. The molecule has 1 nitrogen and oxygen atoms in total. The van der Waals surface area contributed by atoms with Gasteiger partial charge in [0.15, 0.2) is 0 Å². The van der Waals surface area contributed by atoms with Crippen LogP contribution < -0.4 is 5.32 Å². The van der Waals surface area contributed by atoms with Crippen LogP contribution >= 0.6 is 0 Å². The quantitative estimate of drug-likeness (QED) is 0.728. The fourth-order valence-electron chi connectivity index (χ4n) is 3.12. The van der Waals surface area contributed by atoms with E-state index in [9.17, 15) is 0 Å². The Morgan fingerprint density at radius 3 is 2.20 bits per heavy atom. The molecule has 0 saturated heterocycles. The molecule has 1 unspecified atom stereocenters. The van der Waals surface area contributed by atoms with E-state index in [1.54, 1.807) is 5.57 Å². The minimum absolute atomic E-state index is 0.398. The Morgan fingerprint density at radius 2 is 1.55 bits per heavy atom. The van der Waals surface area contributed by atoms with Gasteiger partial charge in [-0.3, -0.25) is 0 Å². The molecule has 0 heterocycles. The van der Waals surface area contributed by atoms with Crippen molar-refractivity contribution in [1.29, 1.82) is 0 Å². The van der Waals surface area contributed by atoms with E-state index in [1.807, 2.05) is 0 Å². The number of hydrogen-bond acceptors (Lipinski definition) is 1. The Morgan fingerprint density at radius 1 is 0.900 bits per heavy atom. The van der Waals surface area contributed by atoms with Crippen LogP contribution in [0.4, 0.5) is 0 Å². The number of benzene rings is 1. The molecule has 20 heavy (non-hydrogen) atoms. The maximum Gasteiger partial charge on any atom is 0.0533 e. The zero-order chi connectivity index (χ0) is 14.4. The predicted molar refractivity (Wildman–Crippen MR) is 88.1 cm³/mol. The summed E-state index contributed by atoms with van der Waals surface area (Å²) >= 11 is 0. The first-order valence-electron chi connectivity index (χ1n) is 8.18. The Kier molecular flexibility index (Phi) is 5.85. The van der Waals surface area contributed by atoms with Crippen molar-refractivity contribution in [3.05, 3.63) is 47.0 Å². The van der Waals surface area contributed by atoms with Gasteiger partial charge in [0, 0.05) is 0 Å². The molecule has 0 spiro atoms. The summed E-state index contributed by atoms with van der Waals surface area (Å²) in [6, 6.07) is 9.57. The first-order valence-corrected chi connectivity index (χ1v) is 8.18. The molecule has 1 atom stereocenters. The lowest BCUT2D eigenvalue weighted by atomic mass is 9.90. The third-order valence-corrected chi connectivity index (χ3v) is 4.42. The van der Waals surface area contributed by atoms with E-state index in [0.717, 1.165) is 0 Å². The van der Waals surface area contributed by atoms with Gasteiger partial charge in [0.05, 0.1) is 6.04 Å². The van der Waals surface area contributed by atoms with Gasteiger partial charge in [-0.1, -0.05) is 62.6 Å². The second kappa shape index (κ2) is 7.64. The van der Waals surface area contributed by atoms with Crippen LogP contribution in [0.2, 0.25) is 0 Å². The van der Waals surface area contributed by atoms with Crippen LogP contribution in [-0.2, 0) is 0 Å². The van der Waals surface area contributed by atoms with E-state index in [4.69, 9.17) is 0 Å². The highest BCUT2D eigenvalue weighted by atomic mass is 14.9. The molecule has 0 saturated carbocycles. The first-order chi connectivity index (χ1) is 9.72. The van der Waals surface area contributed by atoms with Crippen molar-refractivity contribution in [1.82, 2.24) is 5.32 Å². The van der Waals surface area contributed by atoms with Gasteiger partial charge in [0.1, 0.15) is 0 Å². The molecule has 1 aromatic carbocycles. The standard InChI is InChI=1S/C19H29N/c1-15(2)16-11-13-18(14-12-16)19(20-3)17-9-7-5-4-6-8-10-17/h9,11-15,19-20H,4-8,10H2,1-3H3/b17-9+. The highest BCUT2D eigenvalue weighted by molar-refractivity contribution is 5.32. The van der Waals surface area contributed by atoms with E-state index in [2.05, 4.69) is 56.6 Å². The SMILES string of the molecule is CNC(/C1=C/CCCCCC1)c1ccc(C(C)C)cc1. The van der Waals surface area contributed by atoms with Gasteiger partial charge in [-0.15, -0.1) is 0 Å². The summed E-state index contributed by atoms with van der Waals surface area (Å²) in [6.07, 6.45) is 10.5. The third kappa shape index (κ3) is 3.96. The zero-order valence-electron chi connectivity index (χ0n) is 13.3. The fourth-order valence-corrected chi connectivity index (χ4v) is 3.12. The van der Waals surface area contributed by atoms with Crippen LogP contribution in [-0.4, -0.2) is 7.05 Å². The lowest BCUT2D eigenvalue weighted by molar-refractivity contribution is 0.573. The molecule has 1 heteroatoms. The van der Waals surface area contributed by atoms with Crippen LogP contribution in [0.25, 0.3) is 0 Å². The topological polar surface area (TPSA) is 12.0 Å². The van der Waals surface area contributed by atoms with Gasteiger partial charge in [0.2, 0.25) is 0 Å². The summed E-state index contributed by atoms with van der Waals surface area (Å²) in [5.41, 5.74) is 4.42. The molecule has 1 aliphatic carbocycles. The minimum Gasteiger partial charge on any atom is -0.310 e. The zero-order valence-corrected chi connectivity index (χ0v) is 13.3. The van der Waals surface area contributed by atoms with Crippen molar-refractivity contribution in [2.24, 2.45) is 0 Å². The smallest absolute Gasteiger partial charge is 0.0533 e. The molecule has 1 N–H and O–H groups in total. The van der Waals surface area contributed by atoms with Crippen LogP contribution in [0.1, 0.15) is 75.5 Å². The van der Waals surface area contributed by atoms with E-state index in [0.29, 0.717) is 12.0 Å². The largest absolute Gasteiger partial charge is 0.310 e. The summed E-state index contributed by atoms with van der Waals surface area (Å²) in [5.74, 6) is 0.609. The molecule has 0 fully saturated rings. The van der Waals surface area contributed by atoms with Crippen molar-refractivity contribution in [3.8, 4) is 0 Å². The summed E-state index contributed by atoms with van der Waals surface area (Å²) in [4.78, 5) is 0. The molecule has 1 aromatic rings. The summed E-state index contributed by atoms with van der Waals surface area (Å²) < 4.78 is 0. The molecule has 0 amide bonds. The van der Waals surface area contributed by atoms with E-state index < -0.39 is 0 Å². The number of rotatable bonds is 4. The third-order valence-electron chi connectivity index (χ3n) is 4.42. The maximum atomic E-state index is 3.52.